The number of halogens is 2. The van der Waals surface area contributed by atoms with Crippen LogP contribution in [-0.4, -0.2) is 22.4 Å². The number of carbonyl (C=O) groups excluding carboxylic acids is 1. The number of carbonyl (C=O) groups is 1. The first-order chi connectivity index (χ1) is 11.3. The van der Waals surface area contributed by atoms with Crippen molar-refractivity contribution in [2.45, 2.75) is 32.5 Å². The van der Waals surface area contributed by atoms with Crippen molar-refractivity contribution < 1.29 is 18.3 Å². The molecule has 2 rings (SSSR count). The maximum absolute atomic E-state index is 12.3. The number of ether oxygens (including phenoxy) is 1. The van der Waals surface area contributed by atoms with Crippen LogP contribution in [0.25, 0.3) is 0 Å². The first kappa shape index (κ1) is 17.7. The molecule has 0 aliphatic heterocycles. The van der Waals surface area contributed by atoms with Crippen LogP contribution in [0.2, 0.25) is 0 Å². The predicted molar refractivity (Wildman–Crippen MR) is 84.8 cm³/mol. The van der Waals surface area contributed by atoms with E-state index < -0.39 is 6.61 Å². The fourth-order valence-corrected chi connectivity index (χ4v) is 2.23. The van der Waals surface area contributed by atoms with Gasteiger partial charge >= 0.3 is 12.6 Å². The van der Waals surface area contributed by atoms with E-state index >= 15 is 0 Å². The van der Waals surface area contributed by atoms with E-state index in [4.69, 9.17) is 0 Å². The summed E-state index contributed by atoms with van der Waals surface area (Å²) in [6.07, 6.45) is 3.50. The second-order valence-electron chi connectivity index (χ2n) is 5.46. The summed E-state index contributed by atoms with van der Waals surface area (Å²) in [4.78, 5) is 12.1. The number of nitrogens with one attached hydrogen (secondary N) is 2. The molecule has 8 heteroatoms. The van der Waals surface area contributed by atoms with Gasteiger partial charge in [0.1, 0.15) is 5.75 Å². The average molecular weight is 338 g/mol. The molecule has 0 unspecified atom stereocenters. The first-order valence-corrected chi connectivity index (χ1v) is 7.45. The Labute approximate surface area is 138 Å². The SMILES string of the molecule is C[C@H](NC(=O)N[C@H](C)c1cnn(C)c1)c1cccc(OC(F)F)c1. The van der Waals surface area contributed by atoms with Crippen LogP contribution in [0.15, 0.2) is 36.7 Å². The van der Waals surface area contributed by atoms with E-state index in [9.17, 15) is 13.6 Å². The number of alkyl halides is 2. The van der Waals surface area contributed by atoms with Crippen molar-refractivity contribution >= 4 is 6.03 Å². The molecule has 130 valence electrons. The van der Waals surface area contributed by atoms with Gasteiger partial charge < -0.3 is 15.4 Å². The summed E-state index contributed by atoms with van der Waals surface area (Å²) in [5.41, 5.74) is 1.55. The van der Waals surface area contributed by atoms with Gasteiger partial charge in [0.2, 0.25) is 0 Å². The third-order valence-electron chi connectivity index (χ3n) is 3.50. The van der Waals surface area contributed by atoms with Crippen molar-refractivity contribution in [3.63, 3.8) is 0 Å². The first-order valence-electron chi connectivity index (χ1n) is 7.45. The highest BCUT2D eigenvalue weighted by molar-refractivity contribution is 5.74. The van der Waals surface area contributed by atoms with Crippen LogP contribution in [-0.2, 0) is 7.05 Å². The van der Waals surface area contributed by atoms with Gasteiger partial charge in [0.05, 0.1) is 18.3 Å². The zero-order chi connectivity index (χ0) is 17.7. The molecule has 0 radical (unpaired) electrons. The van der Waals surface area contributed by atoms with Gasteiger partial charge in [0.25, 0.3) is 0 Å². The van der Waals surface area contributed by atoms with E-state index in [0.29, 0.717) is 5.56 Å². The molecule has 0 aliphatic rings. The molecule has 1 heterocycles. The maximum atomic E-state index is 12.3. The predicted octanol–water partition coefficient (Wildman–Crippen LogP) is 3.14. The molecule has 2 aromatic rings. The lowest BCUT2D eigenvalue weighted by molar-refractivity contribution is -0.0499. The third kappa shape index (κ3) is 4.94. The lowest BCUT2D eigenvalue weighted by Gasteiger charge is -2.18. The number of hydrogen-bond acceptors (Lipinski definition) is 3. The number of aromatic nitrogens is 2. The van der Waals surface area contributed by atoms with Gasteiger partial charge in [-0.15, -0.1) is 0 Å². The van der Waals surface area contributed by atoms with E-state index in [1.807, 2.05) is 13.1 Å². The van der Waals surface area contributed by atoms with E-state index in [-0.39, 0.29) is 23.9 Å². The zero-order valence-electron chi connectivity index (χ0n) is 13.7. The van der Waals surface area contributed by atoms with Crippen molar-refractivity contribution in [2.75, 3.05) is 0 Å². The Bertz CT molecular complexity index is 690. The Morgan fingerprint density at radius 1 is 1.21 bits per heavy atom. The van der Waals surface area contributed by atoms with Crippen molar-refractivity contribution in [1.82, 2.24) is 20.4 Å². The number of nitrogens with zero attached hydrogens (tertiary/aromatic N) is 2. The van der Waals surface area contributed by atoms with Crippen molar-refractivity contribution in [1.29, 1.82) is 0 Å². The maximum Gasteiger partial charge on any atom is 0.387 e. The Kier molecular flexibility index (Phi) is 5.73. The molecule has 1 aromatic carbocycles. The molecule has 0 saturated carbocycles. The number of urea groups is 1. The number of benzene rings is 1. The average Bonchev–Trinajstić information content (AvgIpc) is 2.93. The van der Waals surface area contributed by atoms with Crippen LogP contribution in [0.1, 0.15) is 37.1 Å². The fourth-order valence-electron chi connectivity index (χ4n) is 2.23. The monoisotopic (exact) mass is 338 g/mol. The molecule has 0 spiro atoms. The largest absolute Gasteiger partial charge is 0.435 e. The summed E-state index contributed by atoms with van der Waals surface area (Å²) < 4.78 is 30.5. The minimum absolute atomic E-state index is 0.0558. The van der Waals surface area contributed by atoms with Crippen LogP contribution in [0, 0.1) is 0 Å². The molecular weight excluding hydrogens is 318 g/mol. The molecule has 0 aliphatic carbocycles. The normalized spacial score (nSPS) is 13.4. The molecular formula is C16H20F2N4O2. The molecule has 2 amide bonds. The minimum Gasteiger partial charge on any atom is -0.435 e. The summed E-state index contributed by atoms with van der Waals surface area (Å²) in [6, 6.07) is 5.30. The topological polar surface area (TPSA) is 68.2 Å². The van der Waals surface area contributed by atoms with Crippen LogP contribution in [0.3, 0.4) is 0 Å². The summed E-state index contributed by atoms with van der Waals surface area (Å²) in [5, 5.41) is 9.62. The highest BCUT2D eigenvalue weighted by Gasteiger charge is 2.15. The zero-order valence-corrected chi connectivity index (χ0v) is 13.7. The van der Waals surface area contributed by atoms with E-state index in [1.165, 1.54) is 12.1 Å². The lowest BCUT2D eigenvalue weighted by Crippen LogP contribution is -2.38. The highest BCUT2D eigenvalue weighted by atomic mass is 19.3. The summed E-state index contributed by atoms with van der Waals surface area (Å²) in [6.45, 7) is 0.723. The standard InChI is InChI=1S/C16H20F2N4O2/c1-10(12-5-4-6-14(7-12)24-15(17)18)20-16(23)21-11(2)13-8-19-22(3)9-13/h4-11,15H,1-3H3,(H2,20,21,23)/t10-,11+/m0/s1. The quantitative estimate of drug-likeness (QED) is 0.850. The summed E-state index contributed by atoms with van der Waals surface area (Å²) >= 11 is 0. The Morgan fingerprint density at radius 3 is 2.46 bits per heavy atom. The lowest BCUT2D eigenvalue weighted by atomic mass is 10.1. The van der Waals surface area contributed by atoms with Crippen molar-refractivity contribution in [3.8, 4) is 5.75 Å². The Hall–Kier alpha value is -2.64. The summed E-state index contributed by atoms with van der Waals surface area (Å²) in [7, 11) is 1.80. The molecule has 24 heavy (non-hydrogen) atoms. The molecule has 0 fully saturated rings. The molecule has 2 N–H and O–H groups in total. The fraction of sp³-hybridized carbons (Fsp3) is 0.375. The molecule has 1 aromatic heterocycles. The van der Waals surface area contributed by atoms with Gasteiger partial charge in [-0.25, -0.2) is 4.79 Å². The molecule has 2 atom stereocenters. The molecule has 0 bridgehead atoms. The number of amides is 2. The minimum atomic E-state index is -2.88. The Balaban J connectivity index is 1.93. The van der Waals surface area contributed by atoms with Gasteiger partial charge in [-0.1, -0.05) is 12.1 Å². The third-order valence-corrected chi connectivity index (χ3v) is 3.50. The van der Waals surface area contributed by atoms with Gasteiger partial charge in [-0.05, 0) is 31.5 Å². The second-order valence-corrected chi connectivity index (χ2v) is 5.46. The van der Waals surface area contributed by atoms with Crippen LogP contribution in [0.4, 0.5) is 13.6 Å². The van der Waals surface area contributed by atoms with Crippen LogP contribution in [0.5, 0.6) is 5.75 Å². The van der Waals surface area contributed by atoms with Crippen molar-refractivity contribution in [2.24, 2.45) is 7.05 Å². The Morgan fingerprint density at radius 2 is 1.88 bits per heavy atom. The van der Waals surface area contributed by atoms with E-state index in [0.717, 1.165) is 5.56 Å². The second kappa shape index (κ2) is 7.76. The van der Waals surface area contributed by atoms with Gasteiger partial charge in [-0.3, -0.25) is 4.68 Å². The highest BCUT2D eigenvalue weighted by Crippen LogP contribution is 2.20. The van der Waals surface area contributed by atoms with Gasteiger partial charge in [0, 0.05) is 18.8 Å². The van der Waals surface area contributed by atoms with Gasteiger partial charge in [0.15, 0.2) is 0 Å². The number of aryl methyl sites for hydroxylation is 1. The van der Waals surface area contributed by atoms with Gasteiger partial charge in [-0.2, -0.15) is 13.9 Å². The van der Waals surface area contributed by atoms with Crippen LogP contribution >= 0.6 is 0 Å². The number of rotatable bonds is 6. The summed E-state index contributed by atoms with van der Waals surface area (Å²) in [5.74, 6) is 0.0558. The molecule has 0 saturated heterocycles. The van der Waals surface area contributed by atoms with E-state index in [1.54, 1.807) is 37.0 Å². The smallest absolute Gasteiger partial charge is 0.387 e. The van der Waals surface area contributed by atoms with Crippen molar-refractivity contribution in [3.05, 3.63) is 47.8 Å². The number of hydrogen-bond donors (Lipinski definition) is 2. The van der Waals surface area contributed by atoms with Crippen LogP contribution < -0.4 is 15.4 Å². The van der Waals surface area contributed by atoms with E-state index in [2.05, 4.69) is 20.5 Å². The molecule has 6 nitrogen and oxygen atoms in total.